The highest BCUT2D eigenvalue weighted by atomic mass is 79.9. The van der Waals surface area contributed by atoms with Crippen molar-refractivity contribution in [3.8, 4) is 0 Å². The molecule has 0 bridgehead atoms. The molecule has 8 nitrogen and oxygen atoms in total. The van der Waals surface area contributed by atoms with Crippen LogP contribution in [0.3, 0.4) is 0 Å². The average molecular weight is 381 g/mol. The van der Waals surface area contributed by atoms with Crippen molar-refractivity contribution in [2.24, 2.45) is 5.73 Å². The molecule has 116 valence electrons. The molecule has 0 aliphatic heterocycles. The molecule has 21 heavy (non-hydrogen) atoms. The number of carboxylic acids is 1. The summed E-state index contributed by atoms with van der Waals surface area (Å²) in [5, 5.41) is 18.1. The number of sulfonamides is 1. The van der Waals surface area contributed by atoms with Gasteiger partial charge in [-0.3, -0.25) is 4.79 Å². The van der Waals surface area contributed by atoms with Gasteiger partial charge in [0.1, 0.15) is 6.10 Å². The smallest absolute Gasteiger partial charge is 0.335 e. The number of carbonyl (C=O) groups is 2. The van der Waals surface area contributed by atoms with Crippen LogP contribution in [0.2, 0.25) is 0 Å². The number of rotatable bonds is 6. The molecular weight excluding hydrogens is 368 g/mol. The van der Waals surface area contributed by atoms with E-state index in [2.05, 4.69) is 15.9 Å². The number of primary amides is 1. The Labute approximate surface area is 129 Å². The van der Waals surface area contributed by atoms with Crippen molar-refractivity contribution >= 4 is 37.8 Å². The van der Waals surface area contributed by atoms with Crippen LogP contribution in [0.25, 0.3) is 0 Å². The first-order valence-corrected chi connectivity index (χ1v) is 7.84. The van der Waals surface area contributed by atoms with Gasteiger partial charge in [0.2, 0.25) is 15.9 Å². The lowest BCUT2D eigenvalue weighted by atomic mass is 10.1. The largest absolute Gasteiger partial charge is 0.478 e. The maximum atomic E-state index is 12.1. The summed E-state index contributed by atoms with van der Waals surface area (Å²) in [6, 6.07) is 2.28. The molecule has 0 aliphatic rings. The van der Waals surface area contributed by atoms with Gasteiger partial charge in [0.25, 0.3) is 0 Å². The number of hydrogen-bond acceptors (Lipinski definition) is 5. The van der Waals surface area contributed by atoms with Gasteiger partial charge in [-0.2, -0.15) is 0 Å². The third-order valence-corrected chi connectivity index (χ3v) is 5.32. The molecule has 0 heterocycles. The normalized spacial score (nSPS) is 12.9. The van der Waals surface area contributed by atoms with Crippen molar-refractivity contribution in [2.75, 3.05) is 6.54 Å². The van der Waals surface area contributed by atoms with Crippen LogP contribution in [0.1, 0.15) is 15.9 Å². The number of carboxylic acid groups (broad SMARTS) is 1. The number of nitrogens with one attached hydrogen (secondary N) is 1. The maximum Gasteiger partial charge on any atom is 0.335 e. The van der Waals surface area contributed by atoms with Crippen molar-refractivity contribution in [3.63, 3.8) is 0 Å². The highest BCUT2D eigenvalue weighted by Crippen LogP contribution is 2.27. The Morgan fingerprint density at radius 2 is 2.00 bits per heavy atom. The molecule has 1 aromatic carbocycles. The van der Waals surface area contributed by atoms with Crippen LogP contribution in [0.4, 0.5) is 0 Å². The van der Waals surface area contributed by atoms with Crippen LogP contribution in [0.15, 0.2) is 21.5 Å². The summed E-state index contributed by atoms with van der Waals surface area (Å²) in [5.41, 5.74) is 5.02. The predicted molar refractivity (Wildman–Crippen MR) is 76.2 cm³/mol. The minimum Gasteiger partial charge on any atom is -0.478 e. The van der Waals surface area contributed by atoms with E-state index >= 15 is 0 Å². The summed E-state index contributed by atoms with van der Waals surface area (Å²) in [6.45, 7) is 0.925. The highest BCUT2D eigenvalue weighted by Gasteiger charge is 2.23. The summed E-state index contributed by atoms with van der Waals surface area (Å²) < 4.78 is 26.4. The molecule has 0 spiro atoms. The molecule has 1 atom stereocenters. The molecular formula is C11H13BrN2O6S. The van der Waals surface area contributed by atoms with Crippen molar-refractivity contribution in [1.82, 2.24) is 4.72 Å². The number of amides is 1. The number of aryl methyl sites for hydroxylation is 1. The quantitative estimate of drug-likeness (QED) is 0.526. The van der Waals surface area contributed by atoms with Crippen LogP contribution in [-0.4, -0.2) is 43.2 Å². The van der Waals surface area contributed by atoms with E-state index in [4.69, 9.17) is 10.8 Å². The van der Waals surface area contributed by atoms with E-state index in [-0.39, 0.29) is 14.9 Å². The van der Waals surface area contributed by atoms with Crippen molar-refractivity contribution in [2.45, 2.75) is 17.9 Å². The summed E-state index contributed by atoms with van der Waals surface area (Å²) in [6.07, 6.45) is -1.68. The number of aliphatic hydroxyl groups excluding tert-OH is 1. The molecule has 1 rings (SSSR count). The lowest BCUT2D eigenvalue weighted by Gasteiger charge is -2.12. The first kappa shape index (κ1) is 17.6. The number of halogens is 1. The molecule has 0 aromatic heterocycles. The van der Waals surface area contributed by atoms with Gasteiger partial charge in [-0.15, -0.1) is 0 Å². The number of benzene rings is 1. The van der Waals surface area contributed by atoms with E-state index in [9.17, 15) is 23.1 Å². The summed E-state index contributed by atoms with van der Waals surface area (Å²) in [5.74, 6) is -2.36. The summed E-state index contributed by atoms with van der Waals surface area (Å²) in [7, 11) is -4.13. The molecule has 10 heteroatoms. The Balaban J connectivity index is 3.19. The Hall–Kier alpha value is -1.49. The zero-order valence-corrected chi connectivity index (χ0v) is 13.2. The topological polar surface area (TPSA) is 147 Å². The molecule has 5 N–H and O–H groups in total. The van der Waals surface area contributed by atoms with Crippen molar-refractivity contribution < 1.29 is 28.2 Å². The van der Waals surface area contributed by atoms with Gasteiger partial charge >= 0.3 is 5.97 Å². The van der Waals surface area contributed by atoms with E-state index in [1.165, 1.54) is 13.0 Å². The van der Waals surface area contributed by atoms with Crippen LogP contribution in [-0.2, 0) is 14.8 Å². The molecule has 0 aliphatic carbocycles. The molecule has 1 unspecified atom stereocenters. The second-order valence-corrected chi connectivity index (χ2v) is 6.71. The minimum absolute atomic E-state index is 0.188. The third kappa shape index (κ3) is 4.24. The van der Waals surface area contributed by atoms with E-state index < -0.39 is 34.5 Å². The Kier molecular flexibility index (Phi) is 5.45. The molecule has 1 aromatic rings. The number of carbonyl (C=O) groups excluding carboxylic acids is 1. The van der Waals surface area contributed by atoms with Gasteiger partial charge in [0.05, 0.1) is 10.5 Å². The zero-order chi connectivity index (χ0) is 16.4. The number of nitrogens with two attached hydrogens (primary N) is 1. The van der Waals surface area contributed by atoms with E-state index in [0.29, 0.717) is 5.56 Å². The zero-order valence-electron chi connectivity index (χ0n) is 10.8. The van der Waals surface area contributed by atoms with Crippen LogP contribution < -0.4 is 10.5 Å². The highest BCUT2D eigenvalue weighted by molar-refractivity contribution is 9.10. The second kappa shape index (κ2) is 6.52. The van der Waals surface area contributed by atoms with Gasteiger partial charge in [0, 0.05) is 11.0 Å². The Morgan fingerprint density at radius 3 is 2.48 bits per heavy atom. The lowest BCUT2D eigenvalue weighted by molar-refractivity contribution is -0.125. The molecule has 0 saturated heterocycles. The van der Waals surface area contributed by atoms with Gasteiger partial charge in [-0.1, -0.05) is 0 Å². The standard InChI is InChI=1S/C11H13BrN2O6S/c1-5-2-6(11(17)18)3-8(9(5)12)21(19,20)14-4-7(15)10(13)16/h2-3,7,14-15H,4H2,1H3,(H2,13,16)(H,17,18). The number of aromatic carboxylic acids is 1. The summed E-state index contributed by atoms with van der Waals surface area (Å²) in [4.78, 5) is 21.3. The van der Waals surface area contributed by atoms with Crippen LogP contribution in [0.5, 0.6) is 0 Å². The monoisotopic (exact) mass is 380 g/mol. The fraction of sp³-hybridized carbons (Fsp3) is 0.273. The van der Waals surface area contributed by atoms with E-state index in [1.807, 2.05) is 4.72 Å². The third-order valence-electron chi connectivity index (χ3n) is 2.55. The SMILES string of the molecule is Cc1cc(C(=O)O)cc(S(=O)(=O)NCC(O)C(N)=O)c1Br. The lowest BCUT2D eigenvalue weighted by Crippen LogP contribution is -2.40. The maximum absolute atomic E-state index is 12.1. The average Bonchev–Trinajstić information content (AvgIpc) is 2.38. The van der Waals surface area contributed by atoms with Crippen LogP contribution >= 0.6 is 15.9 Å². The number of hydrogen-bond donors (Lipinski definition) is 4. The second-order valence-electron chi connectivity index (χ2n) is 4.18. The van der Waals surface area contributed by atoms with Gasteiger partial charge < -0.3 is 15.9 Å². The fourth-order valence-electron chi connectivity index (χ4n) is 1.42. The fourth-order valence-corrected chi connectivity index (χ4v) is 3.50. The van der Waals surface area contributed by atoms with Gasteiger partial charge in [-0.25, -0.2) is 17.9 Å². The Bertz CT molecular complexity index is 688. The van der Waals surface area contributed by atoms with Gasteiger partial charge in [-0.05, 0) is 40.5 Å². The molecule has 0 fully saturated rings. The summed E-state index contributed by atoms with van der Waals surface area (Å²) >= 11 is 3.07. The molecule has 0 saturated carbocycles. The van der Waals surface area contributed by atoms with E-state index in [1.54, 1.807) is 0 Å². The van der Waals surface area contributed by atoms with E-state index in [0.717, 1.165) is 6.07 Å². The van der Waals surface area contributed by atoms with Crippen molar-refractivity contribution in [1.29, 1.82) is 0 Å². The van der Waals surface area contributed by atoms with Gasteiger partial charge in [0.15, 0.2) is 0 Å². The van der Waals surface area contributed by atoms with Crippen molar-refractivity contribution in [3.05, 3.63) is 27.7 Å². The molecule has 0 radical (unpaired) electrons. The minimum atomic E-state index is -4.13. The predicted octanol–water partition coefficient (Wildman–Crippen LogP) is -0.420. The first-order chi connectivity index (χ1) is 9.56. The van der Waals surface area contributed by atoms with Crippen LogP contribution in [0, 0.1) is 6.92 Å². The Morgan fingerprint density at radius 1 is 1.43 bits per heavy atom. The molecule has 1 amide bonds. The number of aliphatic hydroxyl groups is 1. The first-order valence-electron chi connectivity index (χ1n) is 5.56.